The van der Waals surface area contributed by atoms with Gasteiger partial charge >= 0.3 is 0 Å². The number of hydrogen-bond acceptors (Lipinski definition) is 6. The number of anilines is 1. The summed E-state index contributed by atoms with van der Waals surface area (Å²) in [5, 5.41) is 16.1. The van der Waals surface area contributed by atoms with Crippen LogP contribution >= 0.6 is 0 Å². The molecule has 0 aliphatic carbocycles. The summed E-state index contributed by atoms with van der Waals surface area (Å²) in [4.78, 5) is 27.6. The van der Waals surface area contributed by atoms with Crippen LogP contribution < -0.4 is 5.32 Å². The van der Waals surface area contributed by atoms with E-state index in [1.807, 2.05) is 0 Å². The number of benzene rings is 1. The molecule has 1 amide bonds. The van der Waals surface area contributed by atoms with Crippen LogP contribution in [0.2, 0.25) is 0 Å². The highest BCUT2D eigenvalue weighted by Crippen LogP contribution is 2.23. The lowest BCUT2D eigenvalue weighted by atomic mass is 9.98. The molecule has 3 rings (SSSR count). The Morgan fingerprint density at radius 2 is 2.05 bits per heavy atom. The van der Waals surface area contributed by atoms with Crippen molar-refractivity contribution >= 4 is 23.3 Å². The molecule has 8 heteroatoms. The van der Waals surface area contributed by atoms with E-state index in [0.29, 0.717) is 11.3 Å². The fourth-order valence-corrected chi connectivity index (χ4v) is 1.74. The molecule has 2 N–H and O–H groups in total. The van der Waals surface area contributed by atoms with Crippen molar-refractivity contribution < 1.29 is 9.59 Å². The van der Waals surface area contributed by atoms with Crippen LogP contribution in [-0.4, -0.2) is 32.9 Å². The minimum absolute atomic E-state index is 0.138. The molecule has 1 aliphatic heterocycles. The first-order chi connectivity index (χ1) is 9.25. The van der Waals surface area contributed by atoms with Gasteiger partial charge in [-0.25, -0.2) is 5.10 Å². The van der Waals surface area contributed by atoms with Gasteiger partial charge in [-0.15, -0.1) is 5.11 Å². The number of aromatic amines is 1. The van der Waals surface area contributed by atoms with Crippen LogP contribution in [0.5, 0.6) is 0 Å². The third-order valence-electron chi connectivity index (χ3n) is 2.62. The largest absolute Gasteiger partial charge is 0.323 e. The smallest absolute Gasteiger partial charge is 0.264 e. The van der Waals surface area contributed by atoms with Gasteiger partial charge in [0, 0.05) is 5.56 Å². The first-order valence-corrected chi connectivity index (χ1v) is 5.46. The minimum atomic E-state index is -1.19. The number of carbonyl (C=O) groups is 2. The summed E-state index contributed by atoms with van der Waals surface area (Å²) in [6.07, 6.45) is 1.26. The fourth-order valence-electron chi connectivity index (χ4n) is 1.74. The van der Waals surface area contributed by atoms with Crippen molar-refractivity contribution in [2.24, 2.45) is 10.2 Å². The van der Waals surface area contributed by atoms with E-state index in [2.05, 4.69) is 30.7 Å². The highest BCUT2D eigenvalue weighted by Gasteiger charge is 2.34. The van der Waals surface area contributed by atoms with Gasteiger partial charge < -0.3 is 5.32 Å². The molecule has 1 aliphatic rings. The molecular formula is C11H8N6O2. The molecule has 0 fully saturated rings. The highest BCUT2D eigenvalue weighted by atomic mass is 16.2. The van der Waals surface area contributed by atoms with Gasteiger partial charge in [-0.3, -0.25) is 9.59 Å². The zero-order chi connectivity index (χ0) is 13.2. The van der Waals surface area contributed by atoms with Gasteiger partial charge in [0.1, 0.15) is 6.33 Å². The Hall–Kier alpha value is -2.90. The Bertz CT molecular complexity index is 664. The van der Waals surface area contributed by atoms with E-state index < -0.39 is 11.9 Å². The second-order valence-electron chi connectivity index (χ2n) is 3.83. The number of hydrogen-bond donors (Lipinski definition) is 2. The van der Waals surface area contributed by atoms with Crippen LogP contribution in [0.1, 0.15) is 10.4 Å². The average Bonchev–Trinajstić information content (AvgIpc) is 2.92. The zero-order valence-electron chi connectivity index (χ0n) is 9.57. The summed E-state index contributed by atoms with van der Waals surface area (Å²) in [6.45, 7) is 0. The lowest BCUT2D eigenvalue weighted by molar-refractivity contribution is -0.116. The number of amides is 1. The molecule has 19 heavy (non-hydrogen) atoms. The van der Waals surface area contributed by atoms with Gasteiger partial charge in [-0.2, -0.15) is 15.2 Å². The lowest BCUT2D eigenvalue weighted by Gasteiger charge is -2.19. The molecule has 1 unspecified atom stereocenters. The van der Waals surface area contributed by atoms with Gasteiger partial charge in [-0.05, 0) is 12.1 Å². The van der Waals surface area contributed by atoms with Gasteiger partial charge in [0.05, 0.1) is 5.69 Å². The van der Waals surface area contributed by atoms with Gasteiger partial charge in [0.2, 0.25) is 11.8 Å². The minimum Gasteiger partial charge on any atom is -0.323 e. The molecule has 0 saturated carbocycles. The van der Waals surface area contributed by atoms with Crippen LogP contribution in [0, 0.1) is 0 Å². The molecule has 0 bridgehead atoms. The van der Waals surface area contributed by atoms with Crippen LogP contribution in [0.4, 0.5) is 11.6 Å². The summed E-state index contributed by atoms with van der Waals surface area (Å²) >= 11 is 0. The maximum absolute atomic E-state index is 12.1. The third kappa shape index (κ3) is 1.99. The predicted molar refractivity (Wildman–Crippen MR) is 64.1 cm³/mol. The molecule has 0 radical (unpaired) electrons. The number of nitrogens with zero attached hydrogens (tertiary/aromatic N) is 4. The first-order valence-electron chi connectivity index (χ1n) is 5.46. The van der Waals surface area contributed by atoms with E-state index in [0.717, 1.165) is 0 Å². The van der Waals surface area contributed by atoms with Crippen molar-refractivity contribution in [1.29, 1.82) is 0 Å². The first kappa shape index (κ1) is 11.2. The Labute approximate surface area is 107 Å². The van der Waals surface area contributed by atoms with Gasteiger partial charge in [0.25, 0.3) is 11.9 Å². The number of ketones is 1. The molecule has 2 aromatic rings. The second kappa shape index (κ2) is 4.41. The van der Waals surface area contributed by atoms with E-state index in [1.54, 1.807) is 24.3 Å². The normalized spacial score (nSPS) is 18.4. The Balaban J connectivity index is 1.91. The van der Waals surface area contributed by atoms with Gasteiger partial charge in [0.15, 0.2) is 0 Å². The maximum Gasteiger partial charge on any atom is 0.264 e. The zero-order valence-corrected chi connectivity index (χ0v) is 9.57. The van der Waals surface area contributed by atoms with Crippen LogP contribution in [0.3, 0.4) is 0 Å². The van der Waals surface area contributed by atoms with Gasteiger partial charge in [-0.1, -0.05) is 12.1 Å². The van der Waals surface area contributed by atoms with E-state index in [-0.39, 0.29) is 11.7 Å². The number of fused-ring (bicyclic) bond motifs is 1. The van der Waals surface area contributed by atoms with Crippen LogP contribution in [0.25, 0.3) is 0 Å². The van der Waals surface area contributed by atoms with E-state index in [1.165, 1.54) is 6.33 Å². The fraction of sp³-hybridized carbons (Fsp3) is 0.0909. The molecular weight excluding hydrogens is 248 g/mol. The standard InChI is InChI=1S/C11H8N6O2/c18-9-6-3-1-2-4-7(6)14-10(19)8(9)15-17-11-12-5-13-16-11/h1-5,8H,(H,14,19)(H,12,13,16). The predicted octanol–water partition coefficient (Wildman–Crippen LogP) is 1.09. The Morgan fingerprint density at radius 1 is 1.21 bits per heavy atom. The molecule has 0 saturated heterocycles. The van der Waals surface area contributed by atoms with Crippen molar-refractivity contribution in [1.82, 2.24) is 15.2 Å². The lowest BCUT2D eigenvalue weighted by Crippen LogP contribution is -2.38. The average molecular weight is 256 g/mol. The highest BCUT2D eigenvalue weighted by molar-refractivity contribution is 6.23. The summed E-state index contributed by atoms with van der Waals surface area (Å²) in [7, 11) is 0. The van der Waals surface area contributed by atoms with Crippen molar-refractivity contribution in [3.8, 4) is 0 Å². The van der Waals surface area contributed by atoms with Crippen molar-refractivity contribution in [2.45, 2.75) is 6.04 Å². The Morgan fingerprint density at radius 3 is 2.84 bits per heavy atom. The number of carbonyl (C=O) groups excluding carboxylic acids is 2. The number of rotatable bonds is 2. The molecule has 8 nitrogen and oxygen atoms in total. The topological polar surface area (TPSA) is 112 Å². The third-order valence-corrected chi connectivity index (χ3v) is 2.62. The van der Waals surface area contributed by atoms with Crippen molar-refractivity contribution in [3.05, 3.63) is 36.2 Å². The molecule has 1 atom stereocenters. The number of Topliss-reactive ketones (excluding diaryl/α,β-unsaturated/α-hetero) is 1. The number of aromatic nitrogens is 3. The van der Waals surface area contributed by atoms with Crippen molar-refractivity contribution in [3.63, 3.8) is 0 Å². The molecule has 1 aromatic heterocycles. The van der Waals surface area contributed by atoms with E-state index in [9.17, 15) is 9.59 Å². The number of H-pyrrole nitrogens is 1. The SMILES string of the molecule is O=C1Nc2ccccc2C(=O)C1N=Nc1ncn[nH]1. The van der Waals surface area contributed by atoms with E-state index in [4.69, 9.17) is 0 Å². The molecule has 0 spiro atoms. The van der Waals surface area contributed by atoms with Crippen molar-refractivity contribution in [2.75, 3.05) is 5.32 Å². The molecule has 2 heterocycles. The summed E-state index contributed by atoms with van der Waals surface area (Å²) in [5.74, 6) is -0.756. The molecule has 94 valence electrons. The van der Waals surface area contributed by atoms with E-state index >= 15 is 0 Å². The summed E-state index contributed by atoms with van der Waals surface area (Å²) < 4.78 is 0. The Kier molecular flexibility index (Phi) is 2.60. The summed E-state index contributed by atoms with van der Waals surface area (Å²) in [6, 6.07) is 5.56. The number of nitrogens with one attached hydrogen (secondary N) is 2. The molecule has 1 aromatic carbocycles. The van der Waals surface area contributed by atoms with Crippen LogP contribution in [-0.2, 0) is 4.79 Å². The second-order valence-corrected chi connectivity index (χ2v) is 3.83. The quantitative estimate of drug-likeness (QED) is 0.618. The maximum atomic E-state index is 12.1. The number of azo groups is 1. The van der Waals surface area contributed by atoms with Crippen LogP contribution in [0.15, 0.2) is 40.8 Å². The monoisotopic (exact) mass is 256 g/mol. The summed E-state index contributed by atoms with van der Waals surface area (Å²) in [5.41, 5.74) is 0.909. The number of para-hydroxylation sites is 1.